The molecule has 0 radical (unpaired) electrons. The van der Waals surface area contributed by atoms with Crippen LogP contribution in [0.3, 0.4) is 0 Å². The van der Waals surface area contributed by atoms with E-state index in [1.54, 1.807) is 13.8 Å². The number of ether oxygens (including phenoxy) is 1. The minimum absolute atomic E-state index is 0.207. The SMILES string of the molecule is CCC1CCC(C#N)(NC(=O)C(C)(C)OC)CC1. The second kappa shape index (κ2) is 5.71. The van der Waals surface area contributed by atoms with E-state index in [0.29, 0.717) is 5.92 Å². The van der Waals surface area contributed by atoms with Crippen LogP contribution in [0, 0.1) is 17.2 Å². The molecular weight excluding hydrogens is 228 g/mol. The number of nitriles is 1. The molecule has 1 saturated carbocycles. The molecular formula is C14H24N2O2. The van der Waals surface area contributed by atoms with E-state index >= 15 is 0 Å². The lowest BCUT2D eigenvalue weighted by Crippen LogP contribution is -2.55. The predicted octanol–water partition coefficient (Wildman–Crippen LogP) is 2.39. The van der Waals surface area contributed by atoms with Gasteiger partial charge in [-0.3, -0.25) is 4.79 Å². The fourth-order valence-corrected chi connectivity index (χ4v) is 2.30. The van der Waals surface area contributed by atoms with Crippen molar-refractivity contribution < 1.29 is 9.53 Å². The molecule has 0 saturated heterocycles. The predicted molar refractivity (Wildman–Crippen MR) is 69.8 cm³/mol. The third kappa shape index (κ3) is 3.23. The Kier molecular flexibility index (Phi) is 4.75. The molecule has 1 aliphatic rings. The van der Waals surface area contributed by atoms with E-state index in [1.807, 2.05) is 0 Å². The first-order chi connectivity index (χ1) is 8.39. The van der Waals surface area contributed by atoms with Gasteiger partial charge in [-0.25, -0.2) is 0 Å². The van der Waals surface area contributed by atoms with Gasteiger partial charge >= 0.3 is 0 Å². The van der Waals surface area contributed by atoms with E-state index in [2.05, 4.69) is 18.3 Å². The highest BCUT2D eigenvalue weighted by atomic mass is 16.5. The van der Waals surface area contributed by atoms with Crippen molar-refractivity contribution in [1.29, 1.82) is 5.26 Å². The molecule has 0 aromatic carbocycles. The minimum Gasteiger partial charge on any atom is -0.369 e. The number of methoxy groups -OCH3 is 1. The number of carbonyl (C=O) groups is 1. The molecule has 1 N–H and O–H groups in total. The summed E-state index contributed by atoms with van der Waals surface area (Å²) >= 11 is 0. The summed E-state index contributed by atoms with van der Waals surface area (Å²) in [4.78, 5) is 12.1. The summed E-state index contributed by atoms with van der Waals surface area (Å²) in [5.41, 5.74) is -1.58. The van der Waals surface area contributed by atoms with Gasteiger partial charge < -0.3 is 10.1 Å². The normalized spacial score (nSPS) is 28.5. The van der Waals surface area contributed by atoms with Gasteiger partial charge in [0.1, 0.15) is 11.1 Å². The Hall–Kier alpha value is -1.08. The zero-order valence-corrected chi connectivity index (χ0v) is 11.9. The number of hydrogen-bond donors (Lipinski definition) is 1. The fraction of sp³-hybridized carbons (Fsp3) is 0.857. The quantitative estimate of drug-likeness (QED) is 0.835. The van der Waals surface area contributed by atoms with Crippen molar-refractivity contribution in [3.8, 4) is 6.07 Å². The Bertz CT molecular complexity index is 336. The second-order valence-electron chi connectivity index (χ2n) is 5.71. The summed E-state index contributed by atoms with van der Waals surface area (Å²) in [5, 5.41) is 12.3. The van der Waals surface area contributed by atoms with Crippen LogP contribution in [0.4, 0.5) is 0 Å². The van der Waals surface area contributed by atoms with Crippen LogP contribution in [0.1, 0.15) is 52.9 Å². The van der Waals surface area contributed by atoms with Crippen LogP contribution >= 0.6 is 0 Å². The summed E-state index contributed by atoms with van der Waals surface area (Å²) in [7, 11) is 1.51. The van der Waals surface area contributed by atoms with Crippen molar-refractivity contribution in [2.45, 2.75) is 64.0 Å². The average Bonchev–Trinajstić information content (AvgIpc) is 2.39. The van der Waals surface area contributed by atoms with Crippen LogP contribution in [0.25, 0.3) is 0 Å². The standard InChI is InChI=1S/C14H24N2O2/c1-5-11-6-8-14(10-15,9-7-11)16-12(17)13(2,3)18-4/h11H,5-9H2,1-4H3,(H,16,17). The number of nitrogens with zero attached hydrogens (tertiary/aromatic N) is 1. The monoisotopic (exact) mass is 252 g/mol. The maximum atomic E-state index is 12.1. The summed E-state index contributed by atoms with van der Waals surface area (Å²) < 4.78 is 5.15. The number of rotatable bonds is 4. The Labute approximate surface area is 110 Å². The lowest BCUT2D eigenvalue weighted by molar-refractivity contribution is -0.141. The van der Waals surface area contributed by atoms with Gasteiger partial charge in [0.05, 0.1) is 6.07 Å². The van der Waals surface area contributed by atoms with Crippen LogP contribution < -0.4 is 5.32 Å². The third-order valence-electron chi connectivity index (χ3n) is 4.16. The van der Waals surface area contributed by atoms with Crippen molar-refractivity contribution in [2.24, 2.45) is 5.92 Å². The van der Waals surface area contributed by atoms with Gasteiger partial charge in [0, 0.05) is 7.11 Å². The maximum Gasteiger partial charge on any atom is 0.252 e. The second-order valence-corrected chi connectivity index (χ2v) is 5.71. The van der Waals surface area contributed by atoms with Gasteiger partial charge in [0.25, 0.3) is 5.91 Å². The molecule has 102 valence electrons. The van der Waals surface area contributed by atoms with Gasteiger partial charge in [-0.2, -0.15) is 5.26 Å². The van der Waals surface area contributed by atoms with Crippen LogP contribution in [-0.4, -0.2) is 24.2 Å². The first kappa shape index (κ1) is 15.0. The fourth-order valence-electron chi connectivity index (χ4n) is 2.30. The molecule has 0 heterocycles. The highest BCUT2D eigenvalue weighted by Crippen LogP contribution is 2.33. The highest BCUT2D eigenvalue weighted by molar-refractivity contribution is 5.85. The summed E-state index contributed by atoms with van der Waals surface area (Å²) in [6.07, 6.45) is 4.66. The van der Waals surface area contributed by atoms with Crippen molar-refractivity contribution in [1.82, 2.24) is 5.32 Å². The molecule has 4 nitrogen and oxygen atoms in total. The number of nitrogens with one attached hydrogen (secondary N) is 1. The topological polar surface area (TPSA) is 62.1 Å². The Morgan fingerprint density at radius 3 is 2.44 bits per heavy atom. The molecule has 0 bridgehead atoms. The molecule has 1 fully saturated rings. The van der Waals surface area contributed by atoms with Crippen molar-refractivity contribution >= 4 is 5.91 Å². The molecule has 0 atom stereocenters. The van der Waals surface area contributed by atoms with Crippen molar-refractivity contribution in [2.75, 3.05) is 7.11 Å². The third-order valence-corrected chi connectivity index (χ3v) is 4.16. The highest BCUT2D eigenvalue weighted by Gasteiger charge is 2.39. The molecule has 1 rings (SSSR count). The molecule has 1 amide bonds. The number of amides is 1. The zero-order chi connectivity index (χ0) is 13.8. The van der Waals surface area contributed by atoms with E-state index in [9.17, 15) is 10.1 Å². The largest absolute Gasteiger partial charge is 0.369 e. The van der Waals surface area contributed by atoms with Crippen LogP contribution in [0.15, 0.2) is 0 Å². The molecule has 0 spiro atoms. The van der Waals surface area contributed by atoms with E-state index in [4.69, 9.17) is 4.74 Å². The summed E-state index contributed by atoms with van der Waals surface area (Å²) in [6.45, 7) is 5.60. The van der Waals surface area contributed by atoms with E-state index in [0.717, 1.165) is 32.1 Å². The number of carbonyl (C=O) groups excluding carboxylic acids is 1. The van der Waals surface area contributed by atoms with Crippen molar-refractivity contribution in [3.63, 3.8) is 0 Å². The van der Waals surface area contributed by atoms with E-state index < -0.39 is 11.1 Å². The molecule has 0 unspecified atom stereocenters. The maximum absolute atomic E-state index is 12.1. The van der Waals surface area contributed by atoms with E-state index in [1.165, 1.54) is 7.11 Å². The Morgan fingerprint density at radius 1 is 1.50 bits per heavy atom. The first-order valence-corrected chi connectivity index (χ1v) is 6.68. The minimum atomic E-state index is -0.883. The van der Waals surface area contributed by atoms with Crippen LogP contribution in [0.2, 0.25) is 0 Å². The lowest BCUT2D eigenvalue weighted by atomic mass is 9.76. The molecule has 1 aliphatic carbocycles. The van der Waals surface area contributed by atoms with E-state index in [-0.39, 0.29) is 5.91 Å². The molecule has 0 aliphatic heterocycles. The Balaban J connectivity index is 2.69. The zero-order valence-electron chi connectivity index (χ0n) is 11.9. The smallest absolute Gasteiger partial charge is 0.252 e. The number of hydrogen-bond acceptors (Lipinski definition) is 3. The van der Waals surface area contributed by atoms with Gasteiger partial charge in [0.2, 0.25) is 0 Å². The first-order valence-electron chi connectivity index (χ1n) is 6.68. The lowest BCUT2D eigenvalue weighted by Gasteiger charge is -2.37. The van der Waals surface area contributed by atoms with Gasteiger partial charge in [-0.15, -0.1) is 0 Å². The molecule has 18 heavy (non-hydrogen) atoms. The van der Waals surface area contributed by atoms with Gasteiger partial charge in [-0.1, -0.05) is 13.3 Å². The molecule has 0 aromatic heterocycles. The molecule has 0 aromatic rings. The summed E-state index contributed by atoms with van der Waals surface area (Å²) in [5.74, 6) is 0.486. The van der Waals surface area contributed by atoms with Crippen molar-refractivity contribution in [3.05, 3.63) is 0 Å². The van der Waals surface area contributed by atoms with Crippen LogP contribution in [0.5, 0.6) is 0 Å². The molecule has 4 heteroatoms. The van der Waals surface area contributed by atoms with Gasteiger partial charge in [0.15, 0.2) is 0 Å². The Morgan fingerprint density at radius 2 is 2.06 bits per heavy atom. The average molecular weight is 252 g/mol. The summed E-state index contributed by atoms with van der Waals surface area (Å²) in [6, 6.07) is 2.30. The van der Waals surface area contributed by atoms with Gasteiger partial charge in [-0.05, 0) is 45.4 Å². The van der Waals surface area contributed by atoms with Crippen LogP contribution in [-0.2, 0) is 9.53 Å².